The first kappa shape index (κ1) is 20.1. The fourth-order valence-electron chi connectivity index (χ4n) is 3.82. The topological polar surface area (TPSA) is 149 Å². The Balaban J connectivity index is 1.73. The molecule has 13 heteroatoms. The highest BCUT2D eigenvalue weighted by atomic mass is 19.4. The third-order valence-corrected chi connectivity index (χ3v) is 5.41. The summed E-state index contributed by atoms with van der Waals surface area (Å²) in [5.41, 5.74) is 2.24. The molecule has 29 heavy (non-hydrogen) atoms. The van der Waals surface area contributed by atoms with Gasteiger partial charge in [-0.25, -0.2) is 4.98 Å². The van der Waals surface area contributed by atoms with E-state index in [9.17, 15) is 28.5 Å². The van der Waals surface area contributed by atoms with E-state index in [1.54, 1.807) is 0 Å². The number of aliphatic hydroxyl groups is 3. The standard InChI is InChI=1S/C16H20F3N5O5/c17-16(18,19)15(27)8(5-25)29-13(10(15)26)24-6-21-9-11(20)22-14(23-12(9)24)28-7-3-1-2-4-7/h6-8,10,13,25-27H,1-5H2,(H2,20,22,23)/t8-,10+,13?,15-/m1/s1. The van der Waals surface area contributed by atoms with Gasteiger partial charge in [-0.05, 0) is 25.7 Å². The second-order valence-electron chi connectivity index (χ2n) is 7.21. The maximum absolute atomic E-state index is 13.4. The second kappa shape index (κ2) is 6.93. The van der Waals surface area contributed by atoms with Crippen molar-refractivity contribution in [3.63, 3.8) is 0 Å². The molecule has 5 N–H and O–H groups in total. The number of rotatable bonds is 4. The molecule has 3 heterocycles. The summed E-state index contributed by atoms with van der Waals surface area (Å²) in [6.45, 7) is -1.16. The maximum atomic E-state index is 13.4. The van der Waals surface area contributed by atoms with Crippen LogP contribution in [-0.4, -0.2) is 71.5 Å². The van der Waals surface area contributed by atoms with Gasteiger partial charge in [-0.3, -0.25) is 4.57 Å². The molecule has 2 aromatic rings. The van der Waals surface area contributed by atoms with Gasteiger partial charge in [0.15, 0.2) is 23.2 Å². The van der Waals surface area contributed by atoms with E-state index in [4.69, 9.17) is 15.2 Å². The Morgan fingerprint density at radius 3 is 2.59 bits per heavy atom. The number of aliphatic hydroxyl groups excluding tert-OH is 2. The zero-order valence-electron chi connectivity index (χ0n) is 15.1. The lowest BCUT2D eigenvalue weighted by atomic mass is 9.91. The number of halogens is 3. The highest BCUT2D eigenvalue weighted by Crippen LogP contribution is 2.47. The summed E-state index contributed by atoms with van der Waals surface area (Å²) in [6, 6.07) is -0.0686. The minimum Gasteiger partial charge on any atom is -0.460 e. The van der Waals surface area contributed by atoms with E-state index in [0.717, 1.165) is 36.6 Å². The SMILES string of the molecule is Nc1nc(OC2CCCC2)nc2c1ncn2C1O[C@H](CO)[C@](O)(C(F)(F)F)[C@H]1O. The molecule has 0 bridgehead atoms. The fourth-order valence-corrected chi connectivity index (χ4v) is 3.82. The molecular weight excluding hydrogens is 399 g/mol. The Morgan fingerprint density at radius 1 is 1.31 bits per heavy atom. The van der Waals surface area contributed by atoms with Crippen molar-refractivity contribution in [3.05, 3.63) is 6.33 Å². The molecule has 2 aliphatic rings. The highest BCUT2D eigenvalue weighted by molar-refractivity contribution is 5.82. The fraction of sp³-hybridized carbons (Fsp3) is 0.688. The molecule has 4 atom stereocenters. The zero-order chi connectivity index (χ0) is 21.0. The number of nitrogens with two attached hydrogens (primary N) is 1. The van der Waals surface area contributed by atoms with Crippen LogP contribution in [0.2, 0.25) is 0 Å². The minimum atomic E-state index is -5.25. The maximum Gasteiger partial charge on any atom is 0.422 e. The second-order valence-corrected chi connectivity index (χ2v) is 7.21. The van der Waals surface area contributed by atoms with Crippen LogP contribution < -0.4 is 10.5 Å². The lowest BCUT2D eigenvalue weighted by Crippen LogP contribution is -2.59. The van der Waals surface area contributed by atoms with Gasteiger partial charge in [-0.1, -0.05) is 0 Å². The van der Waals surface area contributed by atoms with Crippen molar-refractivity contribution in [2.45, 2.75) is 62.0 Å². The van der Waals surface area contributed by atoms with E-state index in [2.05, 4.69) is 15.0 Å². The molecular formula is C16H20F3N5O5. The number of ether oxygens (including phenoxy) is 2. The van der Waals surface area contributed by atoms with Crippen LogP contribution in [0.1, 0.15) is 31.9 Å². The predicted octanol–water partition coefficient (Wildman–Crippen LogP) is 0.274. The lowest BCUT2D eigenvalue weighted by Gasteiger charge is -2.31. The van der Waals surface area contributed by atoms with Crippen LogP contribution in [0.15, 0.2) is 6.33 Å². The van der Waals surface area contributed by atoms with Crippen LogP contribution in [0.25, 0.3) is 11.2 Å². The van der Waals surface area contributed by atoms with Gasteiger partial charge in [-0.15, -0.1) is 0 Å². The molecule has 1 saturated heterocycles. The Labute approximate surface area is 162 Å². The predicted molar refractivity (Wildman–Crippen MR) is 90.6 cm³/mol. The molecule has 1 saturated carbocycles. The van der Waals surface area contributed by atoms with Crippen LogP contribution in [0.3, 0.4) is 0 Å². The molecule has 2 fully saturated rings. The van der Waals surface area contributed by atoms with Crippen molar-refractivity contribution < 1.29 is 38.0 Å². The number of fused-ring (bicyclic) bond motifs is 1. The van der Waals surface area contributed by atoms with Gasteiger partial charge in [0.05, 0.1) is 12.9 Å². The number of nitrogen functional groups attached to an aromatic ring is 1. The summed E-state index contributed by atoms with van der Waals surface area (Å²) in [6.07, 6.45) is -6.91. The molecule has 0 radical (unpaired) electrons. The minimum absolute atomic E-state index is 0.0299. The zero-order valence-corrected chi connectivity index (χ0v) is 15.1. The number of nitrogens with zero attached hydrogens (tertiary/aromatic N) is 4. The van der Waals surface area contributed by atoms with Crippen molar-refractivity contribution in [1.29, 1.82) is 0 Å². The number of hydrogen-bond acceptors (Lipinski definition) is 9. The number of imidazole rings is 1. The largest absolute Gasteiger partial charge is 0.460 e. The van der Waals surface area contributed by atoms with E-state index in [1.807, 2.05) is 0 Å². The Bertz CT molecular complexity index is 903. The number of hydrogen-bond donors (Lipinski definition) is 4. The summed E-state index contributed by atoms with van der Waals surface area (Å²) in [5.74, 6) is -0.0565. The summed E-state index contributed by atoms with van der Waals surface area (Å²) < 4.78 is 52.1. The molecule has 160 valence electrons. The molecule has 0 amide bonds. The molecule has 4 rings (SSSR count). The third-order valence-electron chi connectivity index (χ3n) is 5.41. The van der Waals surface area contributed by atoms with E-state index in [-0.39, 0.29) is 29.1 Å². The Hall–Kier alpha value is -2.22. The third kappa shape index (κ3) is 3.08. The summed E-state index contributed by atoms with van der Waals surface area (Å²) in [4.78, 5) is 12.2. The molecule has 10 nitrogen and oxygen atoms in total. The van der Waals surface area contributed by atoms with Gasteiger partial charge in [0.1, 0.15) is 18.3 Å². The van der Waals surface area contributed by atoms with E-state index in [1.165, 1.54) is 0 Å². The van der Waals surface area contributed by atoms with Gasteiger partial charge in [0.2, 0.25) is 5.60 Å². The van der Waals surface area contributed by atoms with Crippen molar-refractivity contribution in [2.75, 3.05) is 12.3 Å². The van der Waals surface area contributed by atoms with Crippen molar-refractivity contribution in [3.8, 4) is 6.01 Å². The van der Waals surface area contributed by atoms with Gasteiger partial charge < -0.3 is 30.5 Å². The number of aromatic nitrogens is 4. The van der Waals surface area contributed by atoms with Crippen molar-refractivity contribution in [2.24, 2.45) is 0 Å². The first-order valence-corrected chi connectivity index (χ1v) is 9.07. The van der Waals surface area contributed by atoms with Crippen LogP contribution in [0, 0.1) is 0 Å². The molecule has 1 aliphatic heterocycles. The van der Waals surface area contributed by atoms with Crippen LogP contribution in [-0.2, 0) is 4.74 Å². The summed E-state index contributed by atoms with van der Waals surface area (Å²) in [5, 5.41) is 29.7. The Kier molecular flexibility index (Phi) is 4.80. The van der Waals surface area contributed by atoms with Crippen molar-refractivity contribution >= 4 is 17.0 Å². The summed E-state index contributed by atoms with van der Waals surface area (Å²) >= 11 is 0. The van der Waals surface area contributed by atoms with Crippen LogP contribution in [0.4, 0.5) is 19.0 Å². The van der Waals surface area contributed by atoms with E-state index in [0.29, 0.717) is 0 Å². The van der Waals surface area contributed by atoms with Gasteiger partial charge in [-0.2, -0.15) is 23.1 Å². The first-order valence-electron chi connectivity index (χ1n) is 9.07. The molecule has 1 aliphatic carbocycles. The molecule has 1 unspecified atom stereocenters. The average molecular weight is 419 g/mol. The van der Waals surface area contributed by atoms with Gasteiger partial charge >= 0.3 is 12.2 Å². The average Bonchev–Trinajstić information content (AvgIpc) is 3.35. The van der Waals surface area contributed by atoms with Crippen LogP contribution >= 0.6 is 0 Å². The lowest BCUT2D eigenvalue weighted by molar-refractivity contribution is -0.296. The highest BCUT2D eigenvalue weighted by Gasteiger charge is 2.70. The van der Waals surface area contributed by atoms with Gasteiger partial charge in [0.25, 0.3) is 0 Å². The monoisotopic (exact) mass is 419 g/mol. The molecule has 0 aromatic carbocycles. The first-order chi connectivity index (χ1) is 13.7. The molecule has 2 aromatic heterocycles. The Morgan fingerprint density at radius 2 is 2.00 bits per heavy atom. The van der Waals surface area contributed by atoms with Gasteiger partial charge in [0, 0.05) is 0 Å². The molecule has 0 spiro atoms. The quantitative estimate of drug-likeness (QED) is 0.548. The van der Waals surface area contributed by atoms with E-state index < -0.39 is 36.8 Å². The number of anilines is 1. The smallest absolute Gasteiger partial charge is 0.422 e. The van der Waals surface area contributed by atoms with E-state index >= 15 is 0 Å². The normalized spacial score (nSPS) is 31.0. The summed E-state index contributed by atoms with van der Waals surface area (Å²) in [7, 11) is 0. The van der Waals surface area contributed by atoms with Crippen molar-refractivity contribution in [1.82, 2.24) is 19.5 Å². The van der Waals surface area contributed by atoms with Crippen LogP contribution in [0.5, 0.6) is 6.01 Å². The number of alkyl halides is 3.